The fourth-order valence-corrected chi connectivity index (χ4v) is 3.27. The van der Waals surface area contributed by atoms with E-state index in [4.69, 9.17) is 4.74 Å². The van der Waals surface area contributed by atoms with Crippen LogP contribution in [0.2, 0.25) is 0 Å². The van der Waals surface area contributed by atoms with Crippen LogP contribution in [0.5, 0.6) is 5.75 Å². The first-order valence-corrected chi connectivity index (χ1v) is 5.74. The second kappa shape index (κ2) is 3.20. The van der Waals surface area contributed by atoms with Gasteiger partial charge in [-0.3, -0.25) is 0 Å². The van der Waals surface area contributed by atoms with E-state index in [2.05, 4.69) is 0 Å². The highest BCUT2D eigenvalue weighted by molar-refractivity contribution is 5.38. The largest absolute Gasteiger partial charge is 0.497 e. The Balaban J connectivity index is 1.96. The predicted molar refractivity (Wildman–Crippen MR) is 57.7 cm³/mol. The van der Waals surface area contributed by atoms with Gasteiger partial charge in [-0.15, -0.1) is 0 Å². The van der Waals surface area contributed by atoms with Crippen LogP contribution in [0, 0.1) is 17.7 Å². The molecule has 0 spiro atoms. The van der Waals surface area contributed by atoms with E-state index in [1.165, 1.54) is 13.2 Å². The summed E-state index contributed by atoms with van der Waals surface area (Å²) in [7, 11) is 1.51. The summed E-state index contributed by atoms with van der Waals surface area (Å²) in [6.07, 6.45) is 3.20. The molecule has 3 rings (SSSR count). The van der Waals surface area contributed by atoms with E-state index in [-0.39, 0.29) is 17.7 Å². The highest BCUT2D eigenvalue weighted by atomic mass is 19.1. The Morgan fingerprint density at radius 2 is 2.06 bits per heavy atom. The monoisotopic (exact) mass is 222 g/mol. The molecule has 2 fully saturated rings. The molecule has 86 valence electrons. The molecule has 0 saturated heterocycles. The van der Waals surface area contributed by atoms with Crippen molar-refractivity contribution >= 4 is 0 Å². The molecule has 0 radical (unpaired) electrons. The first-order chi connectivity index (χ1) is 7.67. The molecule has 2 atom stereocenters. The molecule has 0 heterocycles. The molecule has 1 aromatic carbocycles. The average Bonchev–Trinajstić information content (AvgIpc) is 2.70. The van der Waals surface area contributed by atoms with Crippen molar-refractivity contribution < 1.29 is 14.2 Å². The summed E-state index contributed by atoms with van der Waals surface area (Å²) in [4.78, 5) is 0. The van der Waals surface area contributed by atoms with Crippen LogP contribution in [0.1, 0.15) is 24.8 Å². The fourth-order valence-electron chi connectivity index (χ4n) is 3.27. The number of aliphatic hydroxyl groups is 1. The third-order valence-corrected chi connectivity index (χ3v) is 4.15. The summed E-state index contributed by atoms with van der Waals surface area (Å²) in [5, 5.41) is 10.4. The maximum Gasteiger partial charge on any atom is 0.132 e. The Labute approximate surface area is 94.0 Å². The second-order valence-electron chi connectivity index (χ2n) is 4.82. The minimum absolute atomic E-state index is 0.274. The highest BCUT2D eigenvalue weighted by Gasteiger charge is 2.67. The normalized spacial score (nSPS) is 35.9. The van der Waals surface area contributed by atoms with Gasteiger partial charge in [0.25, 0.3) is 0 Å². The maximum atomic E-state index is 13.8. The smallest absolute Gasteiger partial charge is 0.132 e. The molecule has 0 amide bonds. The standard InChI is InChI=1S/C13H15FO2/c1-16-8-5-6-11(12(14)7-8)13(15)9-3-2-4-10(9)13/h5-7,9-10,15H,2-4H2,1H3. The summed E-state index contributed by atoms with van der Waals surface area (Å²) < 4.78 is 18.8. The zero-order valence-electron chi connectivity index (χ0n) is 9.24. The van der Waals surface area contributed by atoms with E-state index in [1.807, 2.05) is 0 Å². The summed E-state index contributed by atoms with van der Waals surface area (Å²) in [5.41, 5.74) is -0.447. The van der Waals surface area contributed by atoms with Crippen LogP contribution in [-0.4, -0.2) is 12.2 Å². The number of methoxy groups -OCH3 is 1. The predicted octanol–water partition coefficient (Wildman–Crippen LogP) is 2.45. The van der Waals surface area contributed by atoms with E-state index in [0.29, 0.717) is 11.3 Å². The Bertz CT molecular complexity index is 420. The maximum absolute atomic E-state index is 13.8. The van der Waals surface area contributed by atoms with Gasteiger partial charge in [-0.2, -0.15) is 0 Å². The number of fused-ring (bicyclic) bond motifs is 1. The fraction of sp³-hybridized carbons (Fsp3) is 0.538. The van der Waals surface area contributed by atoms with Gasteiger partial charge in [0.05, 0.1) is 12.7 Å². The lowest BCUT2D eigenvalue weighted by atomic mass is 9.98. The minimum Gasteiger partial charge on any atom is -0.497 e. The number of halogens is 1. The lowest BCUT2D eigenvalue weighted by Gasteiger charge is -2.16. The Kier molecular flexibility index (Phi) is 2.02. The van der Waals surface area contributed by atoms with Crippen molar-refractivity contribution in [2.24, 2.45) is 11.8 Å². The van der Waals surface area contributed by atoms with E-state index >= 15 is 0 Å². The number of hydrogen-bond donors (Lipinski definition) is 1. The molecule has 1 N–H and O–H groups in total. The molecule has 2 saturated carbocycles. The molecule has 2 aliphatic carbocycles. The molecule has 3 heteroatoms. The average molecular weight is 222 g/mol. The van der Waals surface area contributed by atoms with Crippen molar-refractivity contribution in [1.82, 2.24) is 0 Å². The van der Waals surface area contributed by atoms with Gasteiger partial charge in [0.15, 0.2) is 0 Å². The first-order valence-electron chi connectivity index (χ1n) is 5.74. The van der Waals surface area contributed by atoms with Crippen molar-refractivity contribution in [2.45, 2.75) is 24.9 Å². The molecule has 2 nitrogen and oxygen atoms in total. The molecule has 1 aromatic rings. The Morgan fingerprint density at radius 3 is 2.62 bits per heavy atom. The van der Waals surface area contributed by atoms with Crippen molar-refractivity contribution in [3.8, 4) is 5.75 Å². The third kappa shape index (κ3) is 1.15. The molecule has 0 bridgehead atoms. The zero-order chi connectivity index (χ0) is 11.3. The van der Waals surface area contributed by atoms with Crippen LogP contribution >= 0.6 is 0 Å². The van der Waals surface area contributed by atoms with E-state index in [1.54, 1.807) is 12.1 Å². The number of ether oxygens (including phenoxy) is 1. The molecule has 2 aliphatic rings. The SMILES string of the molecule is COc1ccc(C2(O)C3CCCC32)c(F)c1. The van der Waals surface area contributed by atoms with Gasteiger partial charge < -0.3 is 9.84 Å². The lowest BCUT2D eigenvalue weighted by Crippen LogP contribution is -2.15. The van der Waals surface area contributed by atoms with Crippen molar-refractivity contribution in [1.29, 1.82) is 0 Å². The first kappa shape index (κ1) is 10.1. The van der Waals surface area contributed by atoms with Gasteiger partial charge in [0, 0.05) is 11.6 Å². The van der Waals surface area contributed by atoms with Gasteiger partial charge in [0.2, 0.25) is 0 Å². The molecule has 2 unspecified atom stereocenters. The summed E-state index contributed by atoms with van der Waals surface area (Å²) in [6, 6.07) is 4.72. The van der Waals surface area contributed by atoms with Gasteiger partial charge in [-0.25, -0.2) is 4.39 Å². The highest BCUT2D eigenvalue weighted by Crippen LogP contribution is 2.66. The van der Waals surface area contributed by atoms with Gasteiger partial charge >= 0.3 is 0 Å². The molecular weight excluding hydrogens is 207 g/mol. The van der Waals surface area contributed by atoms with Crippen molar-refractivity contribution in [3.63, 3.8) is 0 Å². The van der Waals surface area contributed by atoms with E-state index in [9.17, 15) is 9.50 Å². The second-order valence-corrected chi connectivity index (χ2v) is 4.82. The minimum atomic E-state index is -0.894. The van der Waals surface area contributed by atoms with Crippen LogP contribution in [0.3, 0.4) is 0 Å². The third-order valence-electron chi connectivity index (χ3n) is 4.15. The number of benzene rings is 1. The van der Waals surface area contributed by atoms with Crippen molar-refractivity contribution in [3.05, 3.63) is 29.6 Å². The molecular formula is C13H15FO2. The van der Waals surface area contributed by atoms with Crippen molar-refractivity contribution in [2.75, 3.05) is 7.11 Å². The quantitative estimate of drug-likeness (QED) is 0.832. The zero-order valence-corrected chi connectivity index (χ0v) is 9.24. The Hall–Kier alpha value is -1.09. The summed E-state index contributed by atoms with van der Waals surface area (Å²) >= 11 is 0. The summed E-state index contributed by atoms with van der Waals surface area (Å²) in [6.45, 7) is 0. The topological polar surface area (TPSA) is 29.5 Å². The van der Waals surface area contributed by atoms with Crippen LogP contribution in [-0.2, 0) is 5.60 Å². The van der Waals surface area contributed by atoms with Crippen LogP contribution < -0.4 is 4.74 Å². The van der Waals surface area contributed by atoms with Gasteiger partial charge in [0.1, 0.15) is 11.6 Å². The summed E-state index contributed by atoms with van der Waals surface area (Å²) in [5.74, 6) is 0.692. The van der Waals surface area contributed by atoms with Crippen LogP contribution in [0.15, 0.2) is 18.2 Å². The Morgan fingerprint density at radius 1 is 1.38 bits per heavy atom. The van der Waals surface area contributed by atoms with Crippen LogP contribution in [0.25, 0.3) is 0 Å². The molecule has 0 aromatic heterocycles. The van der Waals surface area contributed by atoms with E-state index in [0.717, 1.165) is 19.3 Å². The molecule has 0 aliphatic heterocycles. The lowest BCUT2D eigenvalue weighted by molar-refractivity contribution is 0.101. The van der Waals surface area contributed by atoms with Crippen LogP contribution in [0.4, 0.5) is 4.39 Å². The molecule has 16 heavy (non-hydrogen) atoms. The number of hydrogen-bond acceptors (Lipinski definition) is 2. The number of rotatable bonds is 2. The van der Waals surface area contributed by atoms with Gasteiger partial charge in [-0.1, -0.05) is 6.42 Å². The van der Waals surface area contributed by atoms with E-state index < -0.39 is 5.60 Å². The van der Waals surface area contributed by atoms with Gasteiger partial charge in [-0.05, 0) is 36.8 Å².